The Balaban J connectivity index is 1.80. The molecule has 3 N–H and O–H groups in total. The van der Waals surface area contributed by atoms with Gasteiger partial charge in [0.25, 0.3) is 5.91 Å². The molecule has 2 aromatic carbocycles. The maximum atomic E-state index is 11.5. The molecule has 6 nitrogen and oxygen atoms in total. The number of hydrogen-bond donors (Lipinski definition) is 3. The Kier molecular flexibility index (Phi) is 4.76. The van der Waals surface area contributed by atoms with Gasteiger partial charge in [0.1, 0.15) is 5.75 Å². The Morgan fingerprint density at radius 3 is 2.62 bits per heavy atom. The second kappa shape index (κ2) is 6.95. The Morgan fingerprint density at radius 1 is 1.14 bits per heavy atom. The molecule has 108 valence electrons. The molecular weight excluding hydrogens is 272 g/mol. The van der Waals surface area contributed by atoms with Gasteiger partial charge < -0.3 is 14.9 Å². The van der Waals surface area contributed by atoms with Crippen LogP contribution in [-0.4, -0.2) is 28.9 Å². The van der Waals surface area contributed by atoms with Gasteiger partial charge in [0.15, 0.2) is 18.1 Å². The number of carbonyl (C=O) groups excluding carboxylic acids is 1. The summed E-state index contributed by atoms with van der Waals surface area (Å²) in [5, 5.41) is 22.2. The number of hydrogen-bond acceptors (Lipinski definition) is 5. The number of benzene rings is 2. The molecule has 0 aromatic heterocycles. The van der Waals surface area contributed by atoms with E-state index in [1.54, 1.807) is 18.2 Å². The average Bonchev–Trinajstić information content (AvgIpc) is 2.50. The first-order chi connectivity index (χ1) is 10.1. The van der Waals surface area contributed by atoms with Crippen LogP contribution in [0.5, 0.6) is 17.2 Å². The lowest BCUT2D eigenvalue weighted by atomic mass is 10.2. The molecule has 0 bridgehead atoms. The molecule has 0 atom stereocenters. The first-order valence-electron chi connectivity index (χ1n) is 6.17. The first kappa shape index (κ1) is 14.4. The van der Waals surface area contributed by atoms with E-state index in [-0.39, 0.29) is 18.1 Å². The lowest BCUT2D eigenvalue weighted by Crippen LogP contribution is -2.24. The van der Waals surface area contributed by atoms with Gasteiger partial charge >= 0.3 is 0 Å². The van der Waals surface area contributed by atoms with Gasteiger partial charge in [-0.15, -0.1) is 0 Å². The molecule has 21 heavy (non-hydrogen) atoms. The number of hydrazone groups is 1. The lowest BCUT2D eigenvalue weighted by Gasteiger charge is -2.04. The maximum Gasteiger partial charge on any atom is 0.277 e. The van der Waals surface area contributed by atoms with E-state index in [1.165, 1.54) is 18.3 Å². The molecule has 0 fully saturated rings. The fourth-order valence-corrected chi connectivity index (χ4v) is 1.50. The number of nitrogens with zero attached hydrogens (tertiary/aromatic N) is 1. The summed E-state index contributed by atoms with van der Waals surface area (Å²) in [5.41, 5.74) is 2.83. The molecule has 2 rings (SSSR count). The van der Waals surface area contributed by atoms with Gasteiger partial charge in [-0.1, -0.05) is 18.2 Å². The van der Waals surface area contributed by atoms with E-state index < -0.39 is 5.91 Å². The van der Waals surface area contributed by atoms with Gasteiger partial charge in [0.05, 0.1) is 6.21 Å². The fourth-order valence-electron chi connectivity index (χ4n) is 1.50. The highest BCUT2D eigenvalue weighted by atomic mass is 16.5. The third-order valence-electron chi connectivity index (χ3n) is 2.52. The van der Waals surface area contributed by atoms with Crippen molar-refractivity contribution in [2.75, 3.05) is 6.61 Å². The Hall–Kier alpha value is -3.02. The third kappa shape index (κ3) is 4.54. The predicted octanol–water partition coefficient (Wildman–Crippen LogP) is 1.63. The van der Waals surface area contributed by atoms with Crippen molar-refractivity contribution < 1.29 is 19.7 Å². The smallest absolute Gasteiger partial charge is 0.277 e. The van der Waals surface area contributed by atoms with Gasteiger partial charge in [-0.3, -0.25) is 4.79 Å². The zero-order valence-electron chi connectivity index (χ0n) is 11.1. The monoisotopic (exact) mass is 286 g/mol. The minimum absolute atomic E-state index is 0.151. The predicted molar refractivity (Wildman–Crippen MR) is 77.4 cm³/mol. The molecule has 2 aromatic rings. The number of para-hydroxylation sites is 1. The Bertz CT molecular complexity index is 641. The van der Waals surface area contributed by atoms with Crippen LogP contribution < -0.4 is 10.2 Å². The second-order valence-electron chi connectivity index (χ2n) is 4.14. The number of carbonyl (C=O) groups is 1. The Morgan fingerprint density at radius 2 is 1.90 bits per heavy atom. The van der Waals surface area contributed by atoms with Crippen LogP contribution >= 0.6 is 0 Å². The molecule has 0 heterocycles. The topological polar surface area (TPSA) is 91.2 Å². The van der Waals surface area contributed by atoms with Gasteiger partial charge in [-0.05, 0) is 35.9 Å². The van der Waals surface area contributed by atoms with Crippen molar-refractivity contribution in [2.45, 2.75) is 0 Å². The van der Waals surface area contributed by atoms with Crippen molar-refractivity contribution in [3.8, 4) is 17.2 Å². The van der Waals surface area contributed by atoms with Crippen molar-refractivity contribution >= 4 is 12.1 Å². The molecule has 0 spiro atoms. The van der Waals surface area contributed by atoms with Crippen LogP contribution in [0.15, 0.2) is 53.6 Å². The number of rotatable bonds is 5. The highest BCUT2D eigenvalue weighted by molar-refractivity contribution is 5.83. The molecule has 0 saturated carbocycles. The molecule has 0 aliphatic carbocycles. The highest BCUT2D eigenvalue weighted by Gasteiger charge is 2.01. The molecule has 0 saturated heterocycles. The third-order valence-corrected chi connectivity index (χ3v) is 2.52. The van der Waals surface area contributed by atoms with E-state index in [1.807, 2.05) is 18.2 Å². The number of aromatic hydroxyl groups is 2. The van der Waals surface area contributed by atoms with E-state index in [9.17, 15) is 9.90 Å². The Labute approximate surface area is 121 Å². The molecule has 0 radical (unpaired) electrons. The van der Waals surface area contributed by atoms with Crippen molar-refractivity contribution in [1.29, 1.82) is 0 Å². The summed E-state index contributed by atoms with van der Waals surface area (Å²) < 4.78 is 5.25. The van der Waals surface area contributed by atoms with E-state index >= 15 is 0 Å². The van der Waals surface area contributed by atoms with Crippen LogP contribution in [-0.2, 0) is 4.79 Å². The van der Waals surface area contributed by atoms with Crippen molar-refractivity contribution in [3.05, 3.63) is 54.1 Å². The van der Waals surface area contributed by atoms with E-state index in [4.69, 9.17) is 9.84 Å². The zero-order chi connectivity index (χ0) is 15.1. The van der Waals surface area contributed by atoms with E-state index in [2.05, 4.69) is 10.5 Å². The maximum absolute atomic E-state index is 11.5. The molecule has 0 aliphatic rings. The van der Waals surface area contributed by atoms with Gasteiger partial charge in [0, 0.05) is 0 Å². The SMILES string of the molecule is O=C(COc1ccccc1)N/N=C/c1ccc(O)c(O)c1. The number of phenols is 2. The summed E-state index contributed by atoms with van der Waals surface area (Å²) in [6.07, 6.45) is 1.35. The van der Waals surface area contributed by atoms with Crippen LogP contribution in [0.4, 0.5) is 0 Å². The summed E-state index contributed by atoms with van der Waals surface area (Å²) in [7, 11) is 0. The number of nitrogens with one attached hydrogen (secondary N) is 1. The lowest BCUT2D eigenvalue weighted by molar-refractivity contribution is -0.123. The van der Waals surface area contributed by atoms with E-state index in [0.29, 0.717) is 11.3 Å². The molecule has 0 aliphatic heterocycles. The van der Waals surface area contributed by atoms with Crippen LogP contribution in [0.1, 0.15) is 5.56 Å². The average molecular weight is 286 g/mol. The summed E-state index contributed by atoms with van der Waals surface area (Å²) in [6, 6.07) is 13.2. The zero-order valence-corrected chi connectivity index (χ0v) is 11.1. The second-order valence-corrected chi connectivity index (χ2v) is 4.14. The molecular formula is C15H14N2O4. The molecule has 1 amide bonds. The van der Waals surface area contributed by atoms with Crippen LogP contribution in [0, 0.1) is 0 Å². The van der Waals surface area contributed by atoms with Crippen LogP contribution in [0.25, 0.3) is 0 Å². The fraction of sp³-hybridized carbons (Fsp3) is 0.0667. The van der Waals surface area contributed by atoms with Gasteiger partial charge in [-0.2, -0.15) is 5.10 Å². The first-order valence-corrected chi connectivity index (χ1v) is 6.17. The minimum atomic E-state index is -0.405. The number of ether oxygens (including phenoxy) is 1. The quantitative estimate of drug-likeness (QED) is 0.442. The van der Waals surface area contributed by atoms with Crippen molar-refractivity contribution in [2.24, 2.45) is 5.10 Å². The number of phenolic OH excluding ortho intramolecular Hbond substituents is 2. The van der Waals surface area contributed by atoms with Crippen molar-refractivity contribution in [1.82, 2.24) is 5.43 Å². The van der Waals surface area contributed by atoms with Gasteiger partial charge in [0.2, 0.25) is 0 Å². The van der Waals surface area contributed by atoms with Crippen molar-refractivity contribution in [3.63, 3.8) is 0 Å². The summed E-state index contributed by atoms with van der Waals surface area (Å²) in [4.78, 5) is 11.5. The standard InChI is InChI=1S/C15H14N2O4/c18-13-7-6-11(8-14(13)19)9-16-17-15(20)10-21-12-4-2-1-3-5-12/h1-9,18-19H,10H2,(H,17,20)/b16-9+. The van der Waals surface area contributed by atoms with Crippen LogP contribution in [0.2, 0.25) is 0 Å². The molecule has 0 unspecified atom stereocenters. The van der Waals surface area contributed by atoms with Gasteiger partial charge in [-0.25, -0.2) is 5.43 Å². The number of amides is 1. The minimum Gasteiger partial charge on any atom is -0.504 e. The molecule has 6 heteroatoms. The normalized spacial score (nSPS) is 10.5. The summed E-state index contributed by atoms with van der Waals surface area (Å²) in [6.45, 7) is -0.151. The summed E-state index contributed by atoms with van der Waals surface area (Å²) in [5.74, 6) is -0.275. The van der Waals surface area contributed by atoms with E-state index in [0.717, 1.165) is 0 Å². The summed E-state index contributed by atoms with van der Waals surface area (Å²) >= 11 is 0. The van der Waals surface area contributed by atoms with Crippen LogP contribution in [0.3, 0.4) is 0 Å². The largest absolute Gasteiger partial charge is 0.504 e. The highest BCUT2D eigenvalue weighted by Crippen LogP contribution is 2.23.